The summed E-state index contributed by atoms with van der Waals surface area (Å²) in [7, 11) is 1.00. The smallest absolute Gasteiger partial charge is 0.306 e. The van der Waals surface area contributed by atoms with E-state index in [9.17, 15) is 290 Å². The molecule has 0 saturated heterocycles. The summed E-state index contributed by atoms with van der Waals surface area (Å²) in [5.41, 5.74) is 0. The van der Waals surface area contributed by atoms with Gasteiger partial charge in [-0.3, -0.25) is 46.7 Å². The van der Waals surface area contributed by atoms with Crippen molar-refractivity contribution in [2.45, 2.75) is 246 Å². The van der Waals surface area contributed by atoms with Gasteiger partial charge in [0.1, 0.15) is 13.2 Å². The van der Waals surface area contributed by atoms with Gasteiger partial charge in [-0.15, -0.1) is 0 Å². The van der Waals surface area contributed by atoms with Crippen LogP contribution in [0.15, 0.2) is 74.4 Å². The van der Waals surface area contributed by atoms with Gasteiger partial charge in [0, 0.05) is 26.2 Å². The average molecular weight is 2130 g/mol. The summed E-state index contributed by atoms with van der Waals surface area (Å²) in [5, 5.41) is 0. The van der Waals surface area contributed by atoms with Crippen molar-refractivity contribution in [1.82, 2.24) is 0 Å². The molecule has 0 amide bonds. The lowest BCUT2D eigenvalue weighted by molar-refractivity contribution is -0.527. The zero-order chi connectivity index (χ0) is 106. The summed E-state index contributed by atoms with van der Waals surface area (Å²) in [5.74, 6) is -66.9. The summed E-state index contributed by atoms with van der Waals surface area (Å²) >= 11 is 0. The lowest BCUT2D eigenvalue weighted by atomic mass is 10.2. The first-order valence-corrected chi connectivity index (χ1v) is 28.1. The molecular weight excluding hydrogens is 2070 g/mol. The summed E-state index contributed by atoms with van der Waals surface area (Å²) in [6, 6.07) is 0. The van der Waals surface area contributed by atoms with Crippen LogP contribution in [-0.4, -0.2) is 197 Å². The topological polar surface area (TPSA) is 92.3 Å². The molecule has 0 bridgehead atoms. The highest BCUT2D eigenvalue weighted by Crippen LogP contribution is 2.59. The number of ether oxygens (including phenoxy) is 10. The first-order valence-electron chi connectivity index (χ1n) is 28.1. The van der Waals surface area contributed by atoms with Gasteiger partial charge in [0.25, 0.3) is 0 Å². The maximum absolute atomic E-state index is 13.5. The minimum absolute atomic E-state index is 0. The normalized spacial score (nSPS) is 17.1. The maximum Gasteiger partial charge on any atom is 0.458 e. The van der Waals surface area contributed by atoms with Crippen molar-refractivity contribution in [1.29, 1.82) is 0 Å². The van der Waals surface area contributed by atoms with Crippen LogP contribution in [0.5, 0.6) is 0 Å². The van der Waals surface area contributed by atoms with Crippen molar-refractivity contribution < 1.29 is 337 Å². The molecular formula is C55H56F66O10. The second-order valence-electron chi connectivity index (χ2n) is 20.7. The molecule has 0 rings (SSSR count). The zero-order valence-electron chi connectivity index (χ0n) is 59.8. The molecule has 10 nitrogen and oxygen atoms in total. The van der Waals surface area contributed by atoms with Crippen molar-refractivity contribution >= 4 is 0 Å². The largest absolute Gasteiger partial charge is 0.458 e. The molecule has 0 aromatic carbocycles. The number of alkyl halides is 60. The Hall–Kier alpha value is -6.58. The first-order chi connectivity index (χ1) is 54.4. The van der Waals surface area contributed by atoms with E-state index in [2.05, 4.69) is 41.6 Å². The van der Waals surface area contributed by atoms with E-state index >= 15 is 0 Å². The van der Waals surface area contributed by atoms with E-state index in [1.54, 1.807) is 26.3 Å². The van der Waals surface area contributed by atoms with E-state index in [4.69, 9.17) is 0 Å². The number of halogens is 66. The van der Waals surface area contributed by atoms with Crippen LogP contribution in [0, 0.1) is 0 Å². The van der Waals surface area contributed by atoms with Crippen LogP contribution in [0.25, 0.3) is 0 Å². The highest BCUT2D eigenvalue weighted by atomic mass is 19.5. The Labute approximate surface area is 685 Å². The van der Waals surface area contributed by atoms with Crippen LogP contribution in [0.4, 0.5) is 290 Å². The minimum Gasteiger partial charge on any atom is -0.306 e. The van der Waals surface area contributed by atoms with Gasteiger partial charge in [-0.2, -0.15) is 237 Å². The highest BCUT2D eigenvalue weighted by Gasteiger charge is 2.84. The van der Waals surface area contributed by atoms with Crippen LogP contribution in [0.3, 0.4) is 0 Å². The minimum atomic E-state index is -7.21. The Kier molecular flexibility index (Phi) is 56.0. The van der Waals surface area contributed by atoms with E-state index in [1.165, 1.54) is 0 Å². The second-order valence-corrected chi connectivity index (χ2v) is 20.7. The van der Waals surface area contributed by atoms with Gasteiger partial charge in [0.15, 0.2) is 35.0 Å². The fraction of sp³-hybridized carbons (Fsp3) is 0.782. The molecule has 0 heterocycles. The molecule has 0 aromatic heterocycles. The van der Waals surface area contributed by atoms with Crippen LogP contribution in [0.1, 0.15) is 76.7 Å². The molecule has 76 heteroatoms. The van der Waals surface area contributed by atoms with Crippen LogP contribution < -0.4 is 0 Å². The van der Waals surface area contributed by atoms with Crippen LogP contribution in [-0.2, 0) is 47.4 Å². The van der Waals surface area contributed by atoms with E-state index < -0.39 is 244 Å². The Morgan fingerprint density at radius 2 is 0.351 bits per heavy atom. The van der Waals surface area contributed by atoms with E-state index in [-0.39, 0.29) is 43.6 Å². The van der Waals surface area contributed by atoms with E-state index in [0.717, 1.165) is 0 Å². The summed E-state index contributed by atoms with van der Waals surface area (Å²) in [6.45, 7) is 5.65. The van der Waals surface area contributed by atoms with E-state index in [0.29, 0.717) is 21.3 Å². The molecule has 0 aliphatic carbocycles. The predicted octanol–water partition coefficient (Wildman–Crippen LogP) is 30.8. The molecule has 0 N–H and O–H groups in total. The SMILES string of the molecule is C.C.C.C.C=C(F)C(F)(F)OC(F)(C(F)(F)F)C(F)(F)OC(C)(F)C(F)(F)F.C=C(F)C(F)(F)OC(F)(C(F)(F)F)C(F)(F)OC(F)(CC)C(F)(F)F.C=C(F)C(F)(F)OC(F)(C(F)(F)F)C(F)(F)OC(F)(CC)C(F)(F)F.C=C(F)C(F)(F)OC(F)(C(F)(F)F)C(F)(F)OCC(F)(F)F.C=C(F)C(F)(F)OC(F)(CC)C(F)(F)F.C=C(F)C(F)(F)OCC(F)(F)F.CF.CF. The van der Waals surface area contributed by atoms with Gasteiger partial charge in [0.2, 0.25) is 0 Å². The summed E-state index contributed by atoms with van der Waals surface area (Å²) < 4.78 is 837. The first kappa shape index (κ1) is 150. The third kappa shape index (κ3) is 41.9. The van der Waals surface area contributed by atoms with Crippen molar-refractivity contribution in [2.75, 3.05) is 27.6 Å². The standard InChI is InChI=1S/2C10H7F13O2.C9H5F13O2.C8H4F12O2.C7H7F7O.C5H4F6O.2CH3F.4CH4/c2*1-3-5(12,8(16,17)18)24-10(22,23)7(15,9(19,20)21)25-6(13,14)4(2)11;1-3(10)5(12,13)24-6(14,8(18,19)20)9(21,22)23-4(2,11)7(15,16)17;1-3(9)5(13,14)22-6(15,7(16,17)18)8(19,20)21-2-4(10,11)12;1-3-5(9,7(12,13)14)15-6(10,11)4(2)8;1-3(6)5(10,11)12-2-4(7,8)9;2*1-2;;;;/h2*2-3H2,1H3;1H2,2H3;1-2H2;2-3H2,1H3;1-2H2;2*1H3;4*1H4. The third-order valence-corrected chi connectivity index (χ3v) is 11.1. The molecule has 0 aliphatic heterocycles. The molecule has 0 aromatic rings. The molecule has 131 heavy (non-hydrogen) atoms. The van der Waals surface area contributed by atoms with Gasteiger partial charge in [-0.1, -0.05) is 90.0 Å². The Bertz CT molecular complexity index is 3320. The highest BCUT2D eigenvalue weighted by molar-refractivity contribution is 5.02. The molecule has 0 aliphatic rings. The fourth-order valence-corrected chi connectivity index (χ4v) is 4.73. The number of hydrogen-bond donors (Lipinski definition) is 0. The molecule has 8 unspecified atom stereocenters. The molecule has 0 fully saturated rings. The molecule has 0 spiro atoms. The van der Waals surface area contributed by atoms with Crippen molar-refractivity contribution in [3.05, 3.63) is 74.4 Å². The van der Waals surface area contributed by atoms with Crippen molar-refractivity contribution in [3.63, 3.8) is 0 Å². The Balaban J connectivity index is -0.000000130. The van der Waals surface area contributed by atoms with Gasteiger partial charge in [0.05, 0.1) is 14.4 Å². The quantitative estimate of drug-likeness (QED) is 0.0592. The monoisotopic (exact) mass is 2130 g/mol. The molecule has 0 radical (unpaired) electrons. The number of rotatable bonds is 33. The molecule has 0 saturated carbocycles. The Morgan fingerprint density at radius 3 is 0.496 bits per heavy atom. The lowest BCUT2D eigenvalue weighted by Gasteiger charge is -2.38. The van der Waals surface area contributed by atoms with Gasteiger partial charge in [-0.05, 0) is 0 Å². The zero-order valence-corrected chi connectivity index (χ0v) is 59.8. The number of hydrogen-bond acceptors (Lipinski definition) is 10. The maximum atomic E-state index is 13.5. The summed E-state index contributed by atoms with van der Waals surface area (Å²) in [4.78, 5) is 0. The predicted molar refractivity (Wildman–Crippen MR) is 300 cm³/mol. The average Bonchev–Trinajstić information content (AvgIpc) is 0.753. The lowest BCUT2D eigenvalue weighted by Crippen LogP contribution is -2.64. The van der Waals surface area contributed by atoms with Crippen molar-refractivity contribution in [2.24, 2.45) is 0 Å². The van der Waals surface area contributed by atoms with Crippen LogP contribution >= 0.6 is 0 Å². The summed E-state index contributed by atoms with van der Waals surface area (Å²) in [6.07, 6.45) is -131. The van der Waals surface area contributed by atoms with Gasteiger partial charge < -0.3 is 9.47 Å². The molecule has 8 atom stereocenters. The van der Waals surface area contributed by atoms with Crippen molar-refractivity contribution in [3.8, 4) is 0 Å². The van der Waals surface area contributed by atoms with E-state index in [1.807, 2.05) is 18.9 Å². The Morgan fingerprint density at radius 1 is 0.198 bits per heavy atom. The third-order valence-electron chi connectivity index (χ3n) is 11.1. The van der Waals surface area contributed by atoms with Gasteiger partial charge in [-0.25, -0.2) is 43.9 Å². The second kappa shape index (κ2) is 48.9. The van der Waals surface area contributed by atoms with Crippen LogP contribution in [0.2, 0.25) is 0 Å². The van der Waals surface area contributed by atoms with Gasteiger partial charge >= 0.3 is 170 Å². The molecule has 798 valence electrons. The fourth-order valence-electron chi connectivity index (χ4n) is 4.73.